The van der Waals surface area contributed by atoms with E-state index in [9.17, 15) is 0 Å². The highest BCUT2D eigenvalue weighted by molar-refractivity contribution is 5.92. The summed E-state index contributed by atoms with van der Waals surface area (Å²) in [5, 5.41) is 8.90. The summed E-state index contributed by atoms with van der Waals surface area (Å²) < 4.78 is 0. The fourth-order valence-corrected chi connectivity index (χ4v) is 4.02. The third-order valence-corrected chi connectivity index (χ3v) is 5.94. The van der Waals surface area contributed by atoms with Crippen LogP contribution in [0.3, 0.4) is 0 Å². The van der Waals surface area contributed by atoms with Gasteiger partial charge < -0.3 is 4.90 Å². The number of nitrogens with zero attached hydrogens (tertiary/aromatic N) is 4. The molecule has 0 bridgehead atoms. The van der Waals surface area contributed by atoms with Gasteiger partial charge in [0, 0.05) is 24.5 Å². The number of H-pyrrole nitrogens is 1. The molecular formula is C21H25N5. The first-order valence-corrected chi connectivity index (χ1v) is 9.75. The first-order chi connectivity index (χ1) is 12.7. The summed E-state index contributed by atoms with van der Waals surface area (Å²) in [5.74, 6) is 1.02. The average Bonchev–Trinajstić information content (AvgIpc) is 3.25. The topological polar surface area (TPSA) is 57.7 Å². The molecule has 2 aliphatic rings. The van der Waals surface area contributed by atoms with E-state index in [-0.39, 0.29) is 0 Å². The summed E-state index contributed by atoms with van der Waals surface area (Å²) >= 11 is 0. The Kier molecular flexibility index (Phi) is 3.69. The maximum Gasteiger partial charge on any atom is 0.132 e. The smallest absolute Gasteiger partial charge is 0.132 e. The fraction of sp³-hybridized carbons (Fsp3) is 0.476. The van der Waals surface area contributed by atoms with Gasteiger partial charge in [-0.1, -0.05) is 13.0 Å². The van der Waals surface area contributed by atoms with Gasteiger partial charge >= 0.3 is 0 Å². The lowest BCUT2D eigenvalue weighted by Crippen LogP contribution is -2.30. The summed E-state index contributed by atoms with van der Waals surface area (Å²) in [6, 6.07) is 8.77. The van der Waals surface area contributed by atoms with E-state index in [4.69, 9.17) is 0 Å². The van der Waals surface area contributed by atoms with Gasteiger partial charge in [-0.25, -0.2) is 9.97 Å². The van der Waals surface area contributed by atoms with Gasteiger partial charge in [0.25, 0.3) is 0 Å². The van der Waals surface area contributed by atoms with Gasteiger partial charge in [0.1, 0.15) is 17.8 Å². The third kappa shape index (κ3) is 2.96. The number of hydrogen-bond acceptors (Lipinski definition) is 4. The first-order valence-electron chi connectivity index (χ1n) is 9.75. The number of hydrogen-bond donors (Lipinski definition) is 1. The molecular weight excluding hydrogens is 322 g/mol. The Hall–Kier alpha value is -2.43. The van der Waals surface area contributed by atoms with Gasteiger partial charge in [0.15, 0.2) is 0 Å². The second-order valence-electron chi connectivity index (χ2n) is 8.25. The number of benzene rings is 1. The zero-order chi connectivity index (χ0) is 17.6. The van der Waals surface area contributed by atoms with Crippen molar-refractivity contribution in [2.45, 2.75) is 45.4 Å². The van der Waals surface area contributed by atoms with Gasteiger partial charge in [0.2, 0.25) is 0 Å². The minimum atomic E-state index is 0.508. The van der Waals surface area contributed by atoms with Crippen molar-refractivity contribution in [2.75, 3.05) is 18.0 Å². The van der Waals surface area contributed by atoms with E-state index in [0.29, 0.717) is 5.41 Å². The molecule has 0 spiro atoms. The van der Waals surface area contributed by atoms with Crippen molar-refractivity contribution in [1.82, 2.24) is 20.2 Å². The molecule has 5 rings (SSSR count). The van der Waals surface area contributed by atoms with E-state index < -0.39 is 0 Å². The third-order valence-electron chi connectivity index (χ3n) is 5.94. The van der Waals surface area contributed by atoms with Crippen LogP contribution in [-0.2, 0) is 6.42 Å². The predicted molar refractivity (Wildman–Crippen MR) is 104 cm³/mol. The Morgan fingerprint density at radius 3 is 2.73 bits per heavy atom. The molecule has 134 valence electrons. The van der Waals surface area contributed by atoms with E-state index in [0.717, 1.165) is 47.6 Å². The van der Waals surface area contributed by atoms with E-state index in [2.05, 4.69) is 56.3 Å². The monoisotopic (exact) mass is 347 g/mol. The molecule has 3 aromatic rings. The largest absolute Gasteiger partial charge is 0.357 e. The molecule has 2 fully saturated rings. The summed E-state index contributed by atoms with van der Waals surface area (Å²) in [5.41, 5.74) is 4.81. The first kappa shape index (κ1) is 15.8. The molecule has 0 atom stereocenters. The molecule has 0 unspecified atom stereocenters. The van der Waals surface area contributed by atoms with Crippen molar-refractivity contribution in [1.29, 1.82) is 0 Å². The number of aromatic nitrogens is 4. The minimum absolute atomic E-state index is 0.508. The standard InChI is InChI=1S/C21H25N5/c1-21(7-8-21)13-15-5-6-17-16(11-15)20(25-24-17)18-12-19(23-14-22-18)26-9-3-2-4-10-26/h5-6,11-12,14H,2-4,7-10,13H2,1H3,(H,24,25). The lowest BCUT2D eigenvalue weighted by molar-refractivity contribution is 0.571. The van der Waals surface area contributed by atoms with Crippen molar-refractivity contribution >= 4 is 16.7 Å². The number of aromatic amines is 1. The highest BCUT2D eigenvalue weighted by Gasteiger charge is 2.37. The van der Waals surface area contributed by atoms with E-state index in [1.54, 1.807) is 6.33 Å². The van der Waals surface area contributed by atoms with Crippen molar-refractivity contribution in [2.24, 2.45) is 5.41 Å². The second kappa shape index (κ2) is 6.08. The maximum absolute atomic E-state index is 4.57. The van der Waals surface area contributed by atoms with Gasteiger partial charge in [-0.3, -0.25) is 5.10 Å². The van der Waals surface area contributed by atoms with E-state index >= 15 is 0 Å². The van der Waals surface area contributed by atoms with Crippen LogP contribution in [0.4, 0.5) is 5.82 Å². The lowest BCUT2D eigenvalue weighted by atomic mass is 9.97. The van der Waals surface area contributed by atoms with Crippen LogP contribution < -0.4 is 4.90 Å². The molecule has 1 aliphatic carbocycles. The highest BCUT2D eigenvalue weighted by Crippen LogP contribution is 2.47. The number of fused-ring (bicyclic) bond motifs is 1. The molecule has 2 aromatic heterocycles. The van der Waals surface area contributed by atoms with Gasteiger partial charge in [0.05, 0.1) is 11.2 Å². The molecule has 26 heavy (non-hydrogen) atoms. The van der Waals surface area contributed by atoms with Crippen molar-refractivity contribution in [3.05, 3.63) is 36.2 Å². The number of piperidine rings is 1. The summed E-state index contributed by atoms with van der Waals surface area (Å²) in [7, 11) is 0. The Balaban J connectivity index is 1.50. The van der Waals surface area contributed by atoms with Crippen molar-refractivity contribution in [3.8, 4) is 11.4 Å². The fourth-order valence-electron chi connectivity index (χ4n) is 4.02. The molecule has 1 aromatic carbocycles. The van der Waals surface area contributed by atoms with Crippen LogP contribution in [0.15, 0.2) is 30.6 Å². The lowest BCUT2D eigenvalue weighted by Gasteiger charge is -2.27. The Morgan fingerprint density at radius 2 is 1.92 bits per heavy atom. The summed E-state index contributed by atoms with van der Waals surface area (Å²) in [6.07, 6.45) is 9.31. The molecule has 1 N–H and O–H groups in total. The molecule has 1 aliphatic heterocycles. The molecule has 1 saturated heterocycles. The molecule has 0 radical (unpaired) electrons. The summed E-state index contributed by atoms with van der Waals surface area (Å²) in [4.78, 5) is 11.4. The van der Waals surface area contributed by atoms with Gasteiger partial charge in [-0.15, -0.1) is 0 Å². The zero-order valence-corrected chi connectivity index (χ0v) is 15.3. The Labute approximate surface area is 153 Å². The molecule has 0 amide bonds. The number of nitrogens with one attached hydrogen (secondary N) is 1. The van der Waals surface area contributed by atoms with Gasteiger partial charge in [-0.2, -0.15) is 5.10 Å². The highest BCUT2D eigenvalue weighted by atomic mass is 15.2. The SMILES string of the molecule is CC1(Cc2ccc3[nH]nc(-c4cc(N5CCCCC5)ncn4)c3c2)CC1. The Morgan fingerprint density at radius 1 is 1.08 bits per heavy atom. The zero-order valence-electron chi connectivity index (χ0n) is 15.3. The van der Waals surface area contributed by atoms with Crippen LogP contribution in [0.2, 0.25) is 0 Å². The van der Waals surface area contributed by atoms with Crippen LogP contribution >= 0.6 is 0 Å². The van der Waals surface area contributed by atoms with E-state index in [1.165, 1.54) is 37.7 Å². The number of rotatable bonds is 4. The van der Waals surface area contributed by atoms with Crippen LogP contribution in [0, 0.1) is 5.41 Å². The Bertz CT molecular complexity index is 934. The van der Waals surface area contributed by atoms with Crippen LogP contribution in [0.25, 0.3) is 22.3 Å². The molecule has 3 heterocycles. The normalized spacial score (nSPS) is 19.0. The summed E-state index contributed by atoms with van der Waals surface area (Å²) in [6.45, 7) is 4.55. The van der Waals surface area contributed by atoms with Crippen LogP contribution in [-0.4, -0.2) is 33.3 Å². The quantitative estimate of drug-likeness (QED) is 0.762. The van der Waals surface area contributed by atoms with E-state index in [1.807, 2.05) is 0 Å². The number of anilines is 1. The second-order valence-corrected chi connectivity index (χ2v) is 8.25. The maximum atomic E-state index is 4.57. The molecule has 5 heteroatoms. The van der Waals surface area contributed by atoms with Gasteiger partial charge in [-0.05, 0) is 61.6 Å². The minimum Gasteiger partial charge on any atom is -0.357 e. The van der Waals surface area contributed by atoms with Crippen LogP contribution in [0.1, 0.15) is 44.6 Å². The van der Waals surface area contributed by atoms with Crippen molar-refractivity contribution < 1.29 is 0 Å². The molecule has 1 saturated carbocycles. The molecule has 5 nitrogen and oxygen atoms in total. The average molecular weight is 347 g/mol. The van der Waals surface area contributed by atoms with Crippen molar-refractivity contribution in [3.63, 3.8) is 0 Å². The predicted octanol–water partition coefficient (Wildman–Crippen LogP) is 4.35. The van der Waals surface area contributed by atoms with Crippen LogP contribution in [0.5, 0.6) is 0 Å².